The molecule has 2 N–H and O–H groups in total. The molecule has 1 atom stereocenters. The molecule has 1 aromatic heterocycles. The van der Waals surface area contributed by atoms with E-state index in [1.54, 1.807) is 6.26 Å². The zero-order valence-corrected chi connectivity index (χ0v) is 9.93. The van der Waals surface area contributed by atoms with Crippen LogP contribution in [0.3, 0.4) is 0 Å². The molecule has 2 aromatic rings. The fraction of sp³-hybridized carbons (Fsp3) is 0.286. The molecule has 0 fully saturated rings. The molecular formula is C14H17NO2. The van der Waals surface area contributed by atoms with Gasteiger partial charge in [0.05, 0.1) is 6.26 Å². The van der Waals surface area contributed by atoms with Gasteiger partial charge < -0.3 is 14.9 Å². The number of hydrogen-bond acceptors (Lipinski definition) is 3. The number of hydrogen-bond donors (Lipinski definition) is 1. The van der Waals surface area contributed by atoms with Crippen molar-refractivity contribution in [3.8, 4) is 5.75 Å². The van der Waals surface area contributed by atoms with Crippen molar-refractivity contribution in [3.63, 3.8) is 0 Å². The zero-order chi connectivity index (χ0) is 12.1. The summed E-state index contributed by atoms with van der Waals surface area (Å²) in [6, 6.07) is 11.8. The number of nitrogens with two attached hydrogens (primary N) is 1. The summed E-state index contributed by atoms with van der Waals surface area (Å²) in [4.78, 5) is 0. The molecule has 1 unspecified atom stereocenters. The van der Waals surface area contributed by atoms with Gasteiger partial charge in [-0.05, 0) is 36.2 Å². The number of aryl methyl sites for hydroxylation is 1. The fourth-order valence-corrected chi connectivity index (χ4v) is 1.66. The summed E-state index contributed by atoms with van der Waals surface area (Å²) in [5.74, 6) is 1.57. The smallest absolute Gasteiger partial charge is 0.168 e. The quantitative estimate of drug-likeness (QED) is 0.860. The molecule has 0 saturated heterocycles. The first kappa shape index (κ1) is 11.7. The van der Waals surface area contributed by atoms with E-state index in [1.807, 2.05) is 24.3 Å². The van der Waals surface area contributed by atoms with Gasteiger partial charge in [-0.25, -0.2) is 0 Å². The maximum absolute atomic E-state index is 5.79. The van der Waals surface area contributed by atoms with Crippen molar-refractivity contribution in [1.29, 1.82) is 0 Å². The van der Waals surface area contributed by atoms with Crippen molar-refractivity contribution in [2.75, 3.05) is 6.54 Å². The monoisotopic (exact) mass is 231 g/mol. The lowest BCUT2D eigenvalue weighted by Crippen LogP contribution is -2.17. The van der Waals surface area contributed by atoms with E-state index in [2.05, 4.69) is 19.1 Å². The van der Waals surface area contributed by atoms with E-state index < -0.39 is 0 Å². The third kappa shape index (κ3) is 2.88. The maximum atomic E-state index is 5.79. The van der Waals surface area contributed by atoms with Gasteiger partial charge in [-0.1, -0.05) is 19.1 Å². The first-order valence-electron chi connectivity index (χ1n) is 5.82. The first-order chi connectivity index (χ1) is 8.33. The molecule has 0 radical (unpaired) electrons. The molecule has 2 rings (SSSR count). The summed E-state index contributed by atoms with van der Waals surface area (Å²) < 4.78 is 11.1. The maximum Gasteiger partial charge on any atom is 0.168 e. The summed E-state index contributed by atoms with van der Waals surface area (Å²) in [5, 5.41) is 0. The molecule has 3 heteroatoms. The highest BCUT2D eigenvalue weighted by Crippen LogP contribution is 2.22. The summed E-state index contributed by atoms with van der Waals surface area (Å²) in [7, 11) is 0. The van der Waals surface area contributed by atoms with E-state index >= 15 is 0 Å². The molecule has 3 nitrogen and oxygen atoms in total. The highest BCUT2D eigenvalue weighted by atomic mass is 16.5. The van der Waals surface area contributed by atoms with Crippen molar-refractivity contribution >= 4 is 0 Å². The highest BCUT2D eigenvalue weighted by molar-refractivity contribution is 5.27. The minimum absolute atomic E-state index is 0.225. The van der Waals surface area contributed by atoms with Gasteiger partial charge in [0.25, 0.3) is 0 Å². The average molecular weight is 231 g/mol. The van der Waals surface area contributed by atoms with Crippen LogP contribution >= 0.6 is 0 Å². The van der Waals surface area contributed by atoms with Crippen LogP contribution in [0.15, 0.2) is 47.1 Å². The Morgan fingerprint density at radius 1 is 1.24 bits per heavy atom. The second-order valence-corrected chi connectivity index (χ2v) is 3.86. The molecule has 0 bridgehead atoms. The van der Waals surface area contributed by atoms with Crippen LogP contribution in [0.25, 0.3) is 0 Å². The van der Waals surface area contributed by atoms with Gasteiger partial charge in [0.1, 0.15) is 11.5 Å². The van der Waals surface area contributed by atoms with Crippen LogP contribution in [0.1, 0.15) is 24.4 Å². The number of furan rings is 1. The summed E-state index contributed by atoms with van der Waals surface area (Å²) >= 11 is 0. The topological polar surface area (TPSA) is 48.4 Å². The van der Waals surface area contributed by atoms with Gasteiger partial charge in [-0.3, -0.25) is 0 Å². The number of benzene rings is 1. The molecule has 1 aromatic carbocycles. The Hall–Kier alpha value is -1.74. The molecule has 0 aliphatic rings. The molecule has 0 amide bonds. The van der Waals surface area contributed by atoms with Crippen LogP contribution in [0, 0.1) is 0 Å². The molecule has 0 aliphatic heterocycles. The number of ether oxygens (including phenoxy) is 1. The Balaban J connectivity index is 2.07. The Morgan fingerprint density at radius 3 is 2.53 bits per heavy atom. The summed E-state index contributed by atoms with van der Waals surface area (Å²) in [6.45, 7) is 2.52. The van der Waals surface area contributed by atoms with E-state index in [0.29, 0.717) is 6.54 Å². The Kier molecular flexibility index (Phi) is 3.83. The normalized spacial score (nSPS) is 12.4. The molecule has 0 saturated carbocycles. The van der Waals surface area contributed by atoms with Gasteiger partial charge in [-0.15, -0.1) is 0 Å². The van der Waals surface area contributed by atoms with Crippen LogP contribution in [-0.4, -0.2) is 6.54 Å². The van der Waals surface area contributed by atoms with E-state index in [0.717, 1.165) is 17.9 Å². The molecular weight excluding hydrogens is 214 g/mol. The Bertz CT molecular complexity index is 434. The van der Waals surface area contributed by atoms with E-state index in [4.69, 9.17) is 14.9 Å². The van der Waals surface area contributed by atoms with Crippen LogP contribution < -0.4 is 10.5 Å². The average Bonchev–Trinajstić information content (AvgIpc) is 2.90. The van der Waals surface area contributed by atoms with Crippen LogP contribution in [-0.2, 0) is 6.42 Å². The molecule has 17 heavy (non-hydrogen) atoms. The third-order valence-corrected chi connectivity index (χ3v) is 2.68. The summed E-state index contributed by atoms with van der Waals surface area (Å²) in [5.41, 5.74) is 6.97. The van der Waals surface area contributed by atoms with Gasteiger partial charge >= 0.3 is 0 Å². The lowest BCUT2D eigenvalue weighted by molar-refractivity contribution is 0.184. The summed E-state index contributed by atoms with van der Waals surface area (Å²) in [6.07, 6.45) is 2.43. The molecule has 0 aliphatic carbocycles. The van der Waals surface area contributed by atoms with E-state index in [9.17, 15) is 0 Å². The largest absolute Gasteiger partial charge is 0.481 e. The van der Waals surface area contributed by atoms with E-state index in [1.165, 1.54) is 5.56 Å². The molecule has 0 spiro atoms. The first-order valence-corrected chi connectivity index (χ1v) is 5.82. The predicted molar refractivity (Wildman–Crippen MR) is 67.0 cm³/mol. The van der Waals surface area contributed by atoms with Gasteiger partial charge in [0.2, 0.25) is 0 Å². The van der Waals surface area contributed by atoms with Crippen LogP contribution in [0.2, 0.25) is 0 Å². The van der Waals surface area contributed by atoms with Crippen LogP contribution in [0.5, 0.6) is 5.75 Å². The third-order valence-electron chi connectivity index (χ3n) is 2.68. The predicted octanol–water partition coefficient (Wildman–Crippen LogP) is 2.92. The second kappa shape index (κ2) is 5.55. The van der Waals surface area contributed by atoms with Crippen molar-refractivity contribution in [2.24, 2.45) is 5.73 Å². The Morgan fingerprint density at radius 2 is 2.00 bits per heavy atom. The minimum Gasteiger partial charge on any atom is -0.481 e. The Labute approximate surface area is 101 Å². The minimum atomic E-state index is -0.225. The van der Waals surface area contributed by atoms with Gasteiger partial charge in [-0.2, -0.15) is 0 Å². The van der Waals surface area contributed by atoms with Crippen molar-refractivity contribution in [3.05, 3.63) is 54.0 Å². The van der Waals surface area contributed by atoms with Crippen molar-refractivity contribution in [1.82, 2.24) is 0 Å². The standard InChI is InChI=1S/C14H17NO2/c1-2-11-5-7-12(8-6-11)17-14(10-15)13-4-3-9-16-13/h3-9,14H,2,10,15H2,1H3. The van der Waals surface area contributed by atoms with Crippen molar-refractivity contribution in [2.45, 2.75) is 19.4 Å². The number of rotatable bonds is 5. The molecule has 1 heterocycles. The zero-order valence-electron chi connectivity index (χ0n) is 9.93. The molecule has 90 valence electrons. The fourth-order valence-electron chi connectivity index (χ4n) is 1.66. The highest BCUT2D eigenvalue weighted by Gasteiger charge is 2.13. The van der Waals surface area contributed by atoms with Crippen LogP contribution in [0.4, 0.5) is 0 Å². The van der Waals surface area contributed by atoms with Crippen molar-refractivity contribution < 1.29 is 9.15 Å². The lowest BCUT2D eigenvalue weighted by atomic mass is 10.2. The second-order valence-electron chi connectivity index (χ2n) is 3.86. The van der Waals surface area contributed by atoms with E-state index in [-0.39, 0.29) is 6.10 Å². The van der Waals surface area contributed by atoms with Gasteiger partial charge in [0, 0.05) is 6.54 Å². The van der Waals surface area contributed by atoms with Gasteiger partial charge in [0.15, 0.2) is 6.10 Å². The lowest BCUT2D eigenvalue weighted by Gasteiger charge is -2.15. The SMILES string of the molecule is CCc1ccc(OC(CN)c2ccco2)cc1.